The molecule has 0 radical (unpaired) electrons. The summed E-state index contributed by atoms with van der Waals surface area (Å²) in [6.07, 6.45) is 1.83. The predicted molar refractivity (Wildman–Crippen MR) is 98.2 cm³/mol. The number of hydrogen-bond acceptors (Lipinski definition) is 3. The Kier molecular flexibility index (Phi) is 3.85. The summed E-state index contributed by atoms with van der Waals surface area (Å²) in [5.74, 6) is 0. The van der Waals surface area contributed by atoms with Gasteiger partial charge in [-0.1, -0.05) is 53.2 Å². The average Bonchev–Trinajstić information content (AvgIpc) is 3.06. The van der Waals surface area contributed by atoms with E-state index >= 15 is 0 Å². The molecule has 4 rings (SSSR count). The summed E-state index contributed by atoms with van der Waals surface area (Å²) in [6, 6.07) is 23.3. The molecular weight excluding hydrogens is 320 g/mol. The zero-order valence-corrected chi connectivity index (χ0v) is 13.4. The smallest absolute Gasteiger partial charge is 0.167 e. The van der Waals surface area contributed by atoms with Gasteiger partial charge in [-0.25, -0.2) is 0 Å². The lowest BCUT2D eigenvalue weighted by Crippen LogP contribution is -1.83. The van der Waals surface area contributed by atoms with Crippen molar-refractivity contribution >= 4 is 34.5 Å². The third-order valence-corrected chi connectivity index (χ3v) is 4.00. The van der Waals surface area contributed by atoms with Crippen molar-refractivity contribution in [3.63, 3.8) is 0 Å². The van der Waals surface area contributed by atoms with Crippen LogP contribution < -0.4 is 0 Å². The van der Waals surface area contributed by atoms with Crippen molar-refractivity contribution in [3.05, 3.63) is 83.4 Å². The minimum Gasteiger partial charge on any atom is -0.356 e. The van der Waals surface area contributed by atoms with Crippen LogP contribution in [-0.2, 0) is 0 Å². The zero-order valence-electron chi connectivity index (χ0n) is 12.7. The van der Waals surface area contributed by atoms with E-state index in [1.54, 1.807) is 0 Å². The van der Waals surface area contributed by atoms with Gasteiger partial charge in [-0.2, -0.15) is 0 Å². The molecule has 0 aliphatic rings. The van der Waals surface area contributed by atoms with Gasteiger partial charge in [0.05, 0.1) is 5.69 Å². The molecule has 116 valence electrons. The van der Waals surface area contributed by atoms with Crippen molar-refractivity contribution in [2.45, 2.75) is 0 Å². The van der Waals surface area contributed by atoms with E-state index in [0.717, 1.165) is 33.5 Å². The van der Waals surface area contributed by atoms with E-state index in [9.17, 15) is 0 Å². The molecule has 0 saturated carbocycles. The standard InChI is InChI=1S/C20H13ClN2O/c21-16-9-11-17(12-10-16)22-13-14-5-7-15(8-6-14)20-18-3-1-2-4-19(18)24-23-20/h1-13H/b22-13+. The van der Waals surface area contributed by atoms with Gasteiger partial charge in [-0.15, -0.1) is 0 Å². The highest BCUT2D eigenvalue weighted by Gasteiger charge is 2.09. The van der Waals surface area contributed by atoms with E-state index in [-0.39, 0.29) is 0 Å². The van der Waals surface area contributed by atoms with Crippen molar-refractivity contribution in [2.75, 3.05) is 0 Å². The minimum absolute atomic E-state index is 0.707. The van der Waals surface area contributed by atoms with Crippen molar-refractivity contribution < 1.29 is 4.52 Å². The van der Waals surface area contributed by atoms with E-state index in [4.69, 9.17) is 16.1 Å². The Morgan fingerprint density at radius 1 is 0.875 bits per heavy atom. The quantitative estimate of drug-likeness (QED) is 0.438. The second kappa shape index (κ2) is 6.30. The minimum atomic E-state index is 0.707. The topological polar surface area (TPSA) is 38.4 Å². The van der Waals surface area contributed by atoms with E-state index in [1.807, 2.05) is 79.0 Å². The Morgan fingerprint density at radius 3 is 2.42 bits per heavy atom. The largest absolute Gasteiger partial charge is 0.356 e. The summed E-state index contributed by atoms with van der Waals surface area (Å²) >= 11 is 5.87. The Hall–Kier alpha value is -2.91. The SMILES string of the molecule is Clc1ccc(/N=C/c2ccc(-c3noc4ccccc34)cc2)cc1. The first-order valence-electron chi connectivity index (χ1n) is 7.54. The molecule has 0 N–H and O–H groups in total. The lowest BCUT2D eigenvalue weighted by molar-refractivity contribution is 0.459. The fraction of sp³-hybridized carbons (Fsp3) is 0. The molecule has 0 atom stereocenters. The van der Waals surface area contributed by atoms with Crippen molar-refractivity contribution in [1.82, 2.24) is 5.16 Å². The fourth-order valence-corrected chi connectivity index (χ4v) is 2.62. The van der Waals surface area contributed by atoms with Gasteiger partial charge in [0.2, 0.25) is 0 Å². The number of nitrogens with zero attached hydrogens (tertiary/aromatic N) is 2. The van der Waals surface area contributed by atoms with Crippen molar-refractivity contribution in [1.29, 1.82) is 0 Å². The molecule has 0 saturated heterocycles. The van der Waals surface area contributed by atoms with Crippen LogP contribution in [0.25, 0.3) is 22.2 Å². The first-order chi connectivity index (χ1) is 11.8. The third kappa shape index (κ3) is 2.94. The van der Waals surface area contributed by atoms with E-state index in [1.165, 1.54) is 0 Å². The maximum absolute atomic E-state index is 5.87. The van der Waals surface area contributed by atoms with Gasteiger partial charge in [0.25, 0.3) is 0 Å². The lowest BCUT2D eigenvalue weighted by atomic mass is 10.1. The lowest BCUT2D eigenvalue weighted by Gasteiger charge is -1.99. The highest BCUT2D eigenvalue weighted by atomic mass is 35.5. The molecule has 4 aromatic rings. The Bertz CT molecular complexity index is 1000. The normalized spacial score (nSPS) is 11.4. The molecule has 0 spiro atoms. The number of fused-ring (bicyclic) bond motifs is 1. The molecule has 0 fully saturated rings. The average molecular weight is 333 g/mol. The molecule has 0 aliphatic heterocycles. The number of rotatable bonds is 3. The second-order valence-electron chi connectivity index (χ2n) is 5.38. The zero-order chi connectivity index (χ0) is 16.4. The highest BCUT2D eigenvalue weighted by molar-refractivity contribution is 6.30. The summed E-state index contributed by atoms with van der Waals surface area (Å²) in [4.78, 5) is 4.44. The number of aromatic nitrogens is 1. The highest BCUT2D eigenvalue weighted by Crippen LogP contribution is 2.27. The number of aliphatic imine (C=N–C) groups is 1. The monoisotopic (exact) mass is 332 g/mol. The van der Waals surface area contributed by atoms with Gasteiger partial charge < -0.3 is 4.52 Å². The summed E-state index contributed by atoms with van der Waals surface area (Å²) in [6.45, 7) is 0. The van der Waals surface area contributed by atoms with E-state index < -0.39 is 0 Å². The molecular formula is C20H13ClN2O. The Morgan fingerprint density at radius 2 is 1.62 bits per heavy atom. The molecule has 24 heavy (non-hydrogen) atoms. The van der Waals surface area contributed by atoms with Gasteiger partial charge in [-0.05, 0) is 42.0 Å². The molecule has 0 unspecified atom stereocenters. The summed E-state index contributed by atoms with van der Waals surface area (Å²) < 4.78 is 5.36. The van der Waals surface area contributed by atoms with E-state index in [0.29, 0.717) is 5.02 Å². The molecule has 1 heterocycles. The maximum Gasteiger partial charge on any atom is 0.167 e. The third-order valence-electron chi connectivity index (χ3n) is 3.75. The van der Waals surface area contributed by atoms with Crippen LogP contribution in [0.3, 0.4) is 0 Å². The van der Waals surface area contributed by atoms with Gasteiger partial charge in [0, 0.05) is 22.2 Å². The summed E-state index contributed by atoms with van der Waals surface area (Å²) in [7, 11) is 0. The van der Waals surface area contributed by atoms with Gasteiger partial charge in [0.1, 0.15) is 5.69 Å². The van der Waals surface area contributed by atoms with Gasteiger partial charge in [0.15, 0.2) is 5.58 Å². The van der Waals surface area contributed by atoms with Gasteiger partial charge in [-0.3, -0.25) is 4.99 Å². The molecule has 0 bridgehead atoms. The first-order valence-corrected chi connectivity index (χ1v) is 7.92. The summed E-state index contributed by atoms with van der Waals surface area (Å²) in [5.41, 5.74) is 4.55. The van der Waals surface area contributed by atoms with Crippen LogP contribution >= 0.6 is 11.6 Å². The van der Waals surface area contributed by atoms with Crippen LogP contribution in [0.4, 0.5) is 5.69 Å². The molecule has 1 aromatic heterocycles. The van der Waals surface area contributed by atoms with Crippen molar-refractivity contribution in [3.8, 4) is 11.3 Å². The number of para-hydroxylation sites is 1. The summed E-state index contributed by atoms with van der Waals surface area (Å²) in [5, 5.41) is 5.90. The van der Waals surface area contributed by atoms with Crippen LogP contribution in [0.5, 0.6) is 0 Å². The number of hydrogen-bond donors (Lipinski definition) is 0. The van der Waals surface area contributed by atoms with Crippen LogP contribution in [0.1, 0.15) is 5.56 Å². The van der Waals surface area contributed by atoms with Crippen LogP contribution in [-0.4, -0.2) is 11.4 Å². The Balaban J connectivity index is 1.59. The number of benzene rings is 3. The van der Waals surface area contributed by atoms with Gasteiger partial charge >= 0.3 is 0 Å². The molecule has 0 aliphatic carbocycles. The maximum atomic E-state index is 5.87. The second-order valence-corrected chi connectivity index (χ2v) is 5.82. The van der Waals surface area contributed by atoms with Crippen LogP contribution in [0.2, 0.25) is 5.02 Å². The molecule has 3 nitrogen and oxygen atoms in total. The first kappa shape index (κ1) is 14.7. The van der Waals surface area contributed by atoms with E-state index in [2.05, 4.69) is 10.1 Å². The fourth-order valence-electron chi connectivity index (χ4n) is 2.50. The van der Waals surface area contributed by atoms with Crippen LogP contribution in [0.15, 0.2) is 82.3 Å². The van der Waals surface area contributed by atoms with Crippen molar-refractivity contribution in [2.24, 2.45) is 4.99 Å². The number of halogens is 1. The molecule has 3 aromatic carbocycles. The molecule has 4 heteroatoms. The Labute approximate surface area is 144 Å². The predicted octanol–water partition coefficient (Wildman–Crippen LogP) is 5.90. The molecule has 0 amide bonds. The van der Waals surface area contributed by atoms with Crippen LogP contribution in [0, 0.1) is 0 Å².